The summed E-state index contributed by atoms with van der Waals surface area (Å²) >= 11 is 0. The Morgan fingerprint density at radius 2 is 1.85 bits per heavy atom. The maximum Gasteiger partial charge on any atom is 0.227 e. The summed E-state index contributed by atoms with van der Waals surface area (Å²) < 4.78 is 11.1. The normalized spacial score (nSPS) is 11.0. The minimum atomic E-state index is 0.264. The molecule has 0 atom stereocenters. The SMILES string of the molecule is CCc1ccc(-c2ccc3oc(-c4ccc(OC)c(N)c4)nc3c2)c(O)c1. The van der Waals surface area contributed by atoms with E-state index >= 15 is 0 Å². The van der Waals surface area contributed by atoms with E-state index in [-0.39, 0.29) is 5.75 Å². The molecule has 0 fully saturated rings. The number of benzene rings is 3. The molecule has 0 unspecified atom stereocenters. The van der Waals surface area contributed by atoms with Crippen LogP contribution in [0.4, 0.5) is 5.69 Å². The fourth-order valence-electron chi connectivity index (χ4n) is 3.13. The third kappa shape index (κ3) is 3.08. The number of aryl methyl sites for hydroxylation is 1. The molecular formula is C22H20N2O3. The third-order valence-electron chi connectivity index (χ3n) is 4.65. The van der Waals surface area contributed by atoms with Crippen LogP contribution in [-0.2, 0) is 6.42 Å². The minimum Gasteiger partial charge on any atom is -0.507 e. The first-order valence-corrected chi connectivity index (χ1v) is 8.75. The molecule has 3 aromatic carbocycles. The van der Waals surface area contributed by atoms with Gasteiger partial charge in [-0.1, -0.05) is 25.1 Å². The summed E-state index contributed by atoms with van der Waals surface area (Å²) in [6.07, 6.45) is 0.879. The van der Waals surface area contributed by atoms with Crippen molar-refractivity contribution < 1.29 is 14.3 Å². The minimum absolute atomic E-state index is 0.264. The van der Waals surface area contributed by atoms with Gasteiger partial charge in [0.15, 0.2) is 5.58 Å². The number of aromatic hydroxyl groups is 1. The fourth-order valence-corrected chi connectivity index (χ4v) is 3.13. The molecule has 0 aliphatic carbocycles. The summed E-state index contributed by atoms with van der Waals surface area (Å²) in [5.41, 5.74) is 11.4. The Kier molecular flexibility index (Phi) is 4.20. The van der Waals surface area contributed by atoms with Gasteiger partial charge in [0.2, 0.25) is 5.89 Å². The van der Waals surface area contributed by atoms with Crippen LogP contribution in [0.1, 0.15) is 12.5 Å². The van der Waals surface area contributed by atoms with Crippen molar-refractivity contribution in [3.8, 4) is 34.1 Å². The first-order valence-electron chi connectivity index (χ1n) is 8.75. The lowest BCUT2D eigenvalue weighted by atomic mass is 10.0. The van der Waals surface area contributed by atoms with Crippen molar-refractivity contribution >= 4 is 16.8 Å². The highest BCUT2D eigenvalue weighted by atomic mass is 16.5. The fraction of sp³-hybridized carbons (Fsp3) is 0.136. The van der Waals surface area contributed by atoms with Gasteiger partial charge in [-0.25, -0.2) is 4.98 Å². The van der Waals surface area contributed by atoms with Crippen LogP contribution in [0.15, 0.2) is 59.0 Å². The van der Waals surface area contributed by atoms with E-state index in [1.807, 2.05) is 36.4 Å². The summed E-state index contributed by atoms with van der Waals surface area (Å²) in [6, 6.07) is 16.9. The Balaban J connectivity index is 1.75. The number of fused-ring (bicyclic) bond motifs is 1. The number of ether oxygens (including phenoxy) is 1. The van der Waals surface area contributed by atoms with E-state index in [2.05, 4.69) is 11.9 Å². The molecule has 0 spiro atoms. The highest BCUT2D eigenvalue weighted by Crippen LogP contribution is 2.34. The van der Waals surface area contributed by atoms with E-state index in [1.54, 1.807) is 25.3 Å². The maximum absolute atomic E-state index is 10.3. The molecule has 0 amide bonds. The van der Waals surface area contributed by atoms with Crippen molar-refractivity contribution in [2.75, 3.05) is 12.8 Å². The van der Waals surface area contributed by atoms with Gasteiger partial charge >= 0.3 is 0 Å². The molecule has 27 heavy (non-hydrogen) atoms. The molecule has 0 radical (unpaired) electrons. The zero-order valence-electron chi connectivity index (χ0n) is 15.2. The molecule has 0 bridgehead atoms. The van der Waals surface area contributed by atoms with Gasteiger partial charge in [-0.2, -0.15) is 0 Å². The molecule has 5 nitrogen and oxygen atoms in total. The van der Waals surface area contributed by atoms with Gasteiger partial charge in [0, 0.05) is 11.1 Å². The predicted octanol–water partition coefficient (Wildman–Crippen LogP) is 5.02. The average Bonchev–Trinajstić information content (AvgIpc) is 3.11. The average molecular weight is 360 g/mol. The van der Waals surface area contributed by atoms with Gasteiger partial charge in [0.05, 0.1) is 12.8 Å². The number of nitrogens with zero attached hydrogens (tertiary/aromatic N) is 1. The smallest absolute Gasteiger partial charge is 0.227 e. The monoisotopic (exact) mass is 360 g/mol. The van der Waals surface area contributed by atoms with Crippen LogP contribution in [0.5, 0.6) is 11.5 Å². The van der Waals surface area contributed by atoms with Crippen molar-refractivity contribution in [2.45, 2.75) is 13.3 Å². The van der Waals surface area contributed by atoms with E-state index in [4.69, 9.17) is 14.9 Å². The van der Waals surface area contributed by atoms with Crippen LogP contribution < -0.4 is 10.5 Å². The molecule has 1 aromatic heterocycles. The second-order valence-corrected chi connectivity index (χ2v) is 6.36. The maximum atomic E-state index is 10.3. The number of hydrogen-bond acceptors (Lipinski definition) is 5. The number of anilines is 1. The second kappa shape index (κ2) is 6.68. The van der Waals surface area contributed by atoms with Gasteiger partial charge in [0.1, 0.15) is 17.0 Å². The van der Waals surface area contributed by atoms with E-state index in [1.165, 1.54) is 0 Å². The number of phenolic OH excluding ortho intramolecular Hbond substituents is 1. The number of methoxy groups -OCH3 is 1. The molecule has 3 N–H and O–H groups in total. The lowest BCUT2D eigenvalue weighted by Crippen LogP contribution is -1.92. The van der Waals surface area contributed by atoms with Crippen LogP contribution in [0.25, 0.3) is 33.7 Å². The Hall–Kier alpha value is -3.47. The molecule has 4 rings (SSSR count). The van der Waals surface area contributed by atoms with Gasteiger partial charge in [0.25, 0.3) is 0 Å². The zero-order valence-corrected chi connectivity index (χ0v) is 15.2. The van der Waals surface area contributed by atoms with Crippen molar-refractivity contribution in [3.63, 3.8) is 0 Å². The third-order valence-corrected chi connectivity index (χ3v) is 4.65. The molecule has 0 aliphatic heterocycles. The molecule has 1 heterocycles. The first-order chi connectivity index (χ1) is 13.1. The van der Waals surface area contributed by atoms with E-state index < -0.39 is 0 Å². The van der Waals surface area contributed by atoms with Crippen molar-refractivity contribution in [1.29, 1.82) is 0 Å². The highest BCUT2D eigenvalue weighted by molar-refractivity contribution is 5.84. The van der Waals surface area contributed by atoms with E-state index in [0.29, 0.717) is 22.9 Å². The molecule has 0 saturated carbocycles. The number of hydrogen-bond donors (Lipinski definition) is 2. The molecule has 0 saturated heterocycles. The molecule has 0 aliphatic rings. The second-order valence-electron chi connectivity index (χ2n) is 6.36. The Morgan fingerprint density at radius 3 is 2.56 bits per heavy atom. The lowest BCUT2D eigenvalue weighted by molar-refractivity contribution is 0.417. The molecule has 5 heteroatoms. The summed E-state index contributed by atoms with van der Waals surface area (Å²) in [6.45, 7) is 2.06. The van der Waals surface area contributed by atoms with Gasteiger partial charge in [-0.05, 0) is 53.9 Å². The lowest BCUT2D eigenvalue weighted by Gasteiger charge is -2.06. The summed E-state index contributed by atoms with van der Waals surface area (Å²) in [5.74, 6) is 1.37. The Bertz CT molecular complexity index is 1130. The van der Waals surface area contributed by atoms with Crippen molar-refractivity contribution in [3.05, 3.63) is 60.2 Å². The van der Waals surface area contributed by atoms with Crippen LogP contribution in [0.2, 0.25) is 0 Å². The topological polar surface area (TPSA) is 81.5 Å². The van der Waals surface area contributed by atoms with Crippen LogP contribution in [0, 0.1) is 0 Å². The molecule has 136 valence electrons. The van der Waals surface area contributed by atoms with Crippen LogP contribution in [-0.4, -0.2) is 17.2 Å². The summed E-state index contributed by atoms with van der Waals surface area (Å²) in [4.78, 5) is 4.58. The predicted molar refractivity (Wildman–Crippen MR) is 107 cm³/mol. The first kappa shape index (κ1) is 17.0. The largest absolute Gasteiger partial charge is 0.507 e. The van der Waals surface area contributed by atoms with Crippen LogP contribution in [0.3, 0.4) is 0 Å². The standard InChI is InChI=1S/C22H20N2O3/c1-3-13-4-7-16(19(25)10-13)14-5-9-21-18(12-14)24-22(27-21)15-6-8-20(26-2)17(23)11-15/h4-12,25H,3,23H2,1-2H3. The van der Waals surface area contributed by atoms with Crippen molar-refractivity contribution in [2.24, 2.45) is 0 Å². The van der Waals surface area contributed by atoms with Gasteiger partial charge in [-0.3, -0.25) is 0 Å². The quantitative estimate of drug-likeness (QED) is 0.499. The van der Waals surface area contributed by atoms with E-state index in [9.17, 15) is 5.11 Å². The number of oxazole rings is 1. The zero-order chi connectivity index (χ0) is 19.0. The number of nitrogen functional groups attached to an aromatic ring is 1. The van der Waals surface area contributed by atoms with Gasteiger partial charge < -0.3 is 20.0 Å². The Morgan fingerprint density at radius 1 is 1.04 bits per heavy atom. The molecular weight excluding hydrogens is 340 g/mol. The Labute approximate surface area is 157 Å². The number of nitrogens with two attached hydrogens (primary N) is 1. The molecule has 4 aromatic rings. The van der Waals surface area contributed by atoms with Gasteiger partial charge in [-0.15, -0.1) is 0 Å². The summed E-state index contributed by atoms with van der Waals surface area (Å²) in [5, 5.41) is 10.3. The number of aromatic nitrogens is 1. The highest BCUT2D eigenvalue weighted by Gasteiger charge is 2.12. The van der Waals surface area contributed by atoms with E-state index in [0.717, 1.165) is 34.2 Å². The van der Waals surface area contributed by atoms with Crippen LogP contribution >= 0.6 is 0 Å². The van der Waals surface area contributed by atoms with Crippen molar-refractivity contribution in [1.82, 2.24) is 4.98 Å². The number of rotatable bonds is 4. The summed E-state index contributed by atoms with van der Waals surface area (Å²) in [7, 11) is 1.58. The number of phenols is 1.